The zero-order valence-corrected chi connectivity index (χ0v) is 43.5. The topological polar surface area (TPSA) is 169 Å². The van der Waals surface area contributed by atoms with Gasteiger partial charge in [0.2, 0.25) is 5.91 Å². The van der Waals surface area contributed by atoms with Crippen LogP contribution in [0.2, 0.25) is 0 Å². The third-order valence-electron chi connectivity index (χ3n) is 13.2. The van der Waals surface area contributed by atoms with Gasteiger partial charge < -0.3 is 45.4 Å². The number of aliphatic hydroxyl groups is 6. The van der Waals surface area contributed by atoms with Gasteiger partial charge in [-0.1, -0.05) is 222 Å². The zero-order valence-electron chi connectivity index (χ0n) is 43.5. The third kappa shape index (κ3) is 35.9. The lowest BCUT2D eigenvalue weighted by molar-refractivity contribution is -0.302. The second kappa shape index (κ2) is 47.2. The largest absolute Gasteiger partial charge is 0.394 e. The van der Waals surface area contributed by atoms with Crippen molar-refractivity contribution < 1.29 is 44.9 Å². The molecule has 7 N–H and O–H groups in total. The average molecular weight is 960 g/mol. The minimum absolute atomic E-state index is 0.298. The predicted octanol–water partition coefficient (Wildman–Crippen LogP) is 12.5. The molecule has 8 atom stereocenters. The van der Waals surface area contributed by atoms with E-state index < -0.39 is 61.5 Å². The van der Waals surface area contributed by atoms with Crippen LogP contribution in [0.5, 0.6) is 0 Å². The summed E-state index contributed by atoms with van der Waals surface area (Å²) in [5.74, 6) is -0.632. The van der Waals surface area contributed by atoms with Crippen molar-refractivity contribution in [2.24, 2.45) is 0 Å². The fourth-order valence-electron chi connectivity index (χ4n) is 8.58. The van der Waals surface area contributed by atoms with Gasteiger partial charge in [0.1, 0.15) is 30.5 Å². The molecule has 1 saturated heterocycles. The number of aliphatic hydroxyl groups excluding tert-OH is 6. The summed E-state index contributed by atoms with van der Waals surface area (Å²) in [6, 6.07) is -1.00. The first-order valence-electron chi connectivity index (χ1n) is 28.1. The van der Waals surface area contributed by atoms with E-state index in [0.717, 1.165) is 51.4 Å². The van der Waals surface area contributed by atoms with Crippen molar-refractivity contribution >= 4 is 5.91 Å². The molecule has 8 unspecified atom stereocenters. The Bertz CT molecular complexity index is 1270. The van der Waals surface area contributed by atoms with E-state index in [1.807, 2.05) is 6.08 Å². The molecular formula is C58H105NO9. The first kappa shape index (κ1) is 63.9. The summed E-state index contributed by atoms with van der Waals surface area (Å²) in [5, 5.41) is 64.8. The molecule has 1 rings (SSSR count). The number of carbonyl (C=O) groups is 1. The Kier molecular flexibility index (Phi) is 44.3. The van der Waals surface area contributed by atoms with E-state index in [1.165, 1.54) is 154 Å². The smallest absolute Gasteiger partial charge is 0.249 e. The highest BCUT2D eigenvalue weighted by molar-refractivity contribution is 5.80. The number of amides is 1. The number of hydrogen-bond donors (Lipinski definition) is 7. The Morgan fingerprint density at radius 1 is 0.515 bits per heavy atom. The van der Waals surface area contributed by atoms with E-state index in [9.17, 15) is 35.4 Å². The fourth-order valence-corrected chi connectivity index (χ4v) is 8.58. The van der Waals surface area contributed by atoms with Crippen molar-refractivity contribution in [3.8, 4) is 0 Å². The maximum atomic E-state index is 13.1. The Labute approximate surface area is 416 Å². The molecule has 1 aliphatic heterocycles. The summed E-state index contributed by atoms with van der Waals surface area (Å²) in [5.41, 5.74) is 0. The summed E-state index contributed by atoms with van der Waals surface area (Å²) in [6.07, 6.45) is 53.4. The molecule has 1 aliphatic rings. The average Bonchev–Trinajstić information content (AvgIpc) is 3.34. The van der Waals surface area contributed by atoms with Gasteiger partial charge in [0, 0.05) is 0 Å². The third-order valence-corrected chi connectivity index (χ3v) is 13.2. The molecule has 0 bridgehead atoms. The molecular weight excluding hydrogens is 855 g/mol. The van der Waals surface area contributed by atoms with Crippen LogP contribution in [0.25, 0.3) is 0 Å². The summed E-state index contributed by atoms with van der Waals surface area (Å²) >= 11 is 0. The molecule has 1 amide bonds. The monoisotopic (exact) mass is 960 g/mol. The standard InChI is InChI=1S/C58H105NO9/c1-3-5-7-9-11-13-15-17-18-19-20-21-22-23-24-25-26-27-28-29-30-31-32-33-35-37-39-41-43-45-47-52(62)57(66)59-50(49-67-58-56(65)55(64)54(63)53(48-60)68-58)51(61)46-44-42-40-38-36-34-16-14-12-10-8-6-4-2/h12,14,20-21,23-24,36,38,44,46,50-56,58,60-65H,3-11,13,15-19,22,25-35,37,39-43,45,47-49H2,1-2H3,(H,59,66)/b14-12+,21-20-,24-23-,38-36+,46-44+. The predicted molar refractivity (Wildman–Crippen MR) is 282 cm³/mol. The molecule has 0 aliphatic carbocycles. The van der Waals surface area contributed by atoms with Crippen LogP contribution >= 0.6 is 0 Å². The number of hydrogen-bond acceptors (Lipinski definition) is 9. The van der Waals surface area contributed by atoms with E-state index in [-0.39, 0.29) is 6.61 Å². The Morgan fingerprint density at radius 3 is 1.40 bits per heavy atom. The highest BCUT2D eigenvalue weighted by Crippen LogP contribution is 2.23. The first-order chi connectivity index (χ1) is 33.3. The Hall–Kier alpha value is -2.15. The van der Waals surface area contributed by atoms with Crippen LogP contribution in [0.3, 0.4) is 0 Å². The first-order valence-corrected chi connectivity index (χ1v) is 28.1. The number of allylic oxidation sites excluding steroid dienone is 9. The molecule has 0 aromatic heterocycles. The lowest BCUT2D eigenvalue weighted by Crippen LogP contribution is -2.60. The van der Waals surface area contributed by atoms with E-state index in [2.05, 4.69) is 67.8 Å². The summed E-state index contributed by atoms with van der Waals surface area (Å²) in [7, 11) is 0. The van der Waals surface area contributed by atoms with Crippen LogP contribution < -0.4 is 5.32 Å². The van der Waals surface area contributed by atoms with Crippen LogP contribution in [0.1, 0.15) is 239 Å². The Balaban J connectivity index is 2.22. The van der Waals surface area contributed by atoms with Gasteiger partial charge >= 0.3 is 0 Å². The maximum absolute atomic E-state index is 13.1. The zero-order chi connectivity index (χ0) is 49.6. The van der Waals surface area contributed by atoms with Crippen molar-refractivity contribution in [2.75, 3.05) is 13.2 Å². The lowest BCUT2D eigenvalue weighted by Gasteiger charge is -2.40. The minimum Gasteiger partial charge on any atom is -0.394 e. The maximum Gasteiger partial charge on any atom is 0.249 e. The summed E-state index contributed by atoms with van der Waals surface area (Å²) in [4.78, 5) is 13.1. The number of nitrogens with one attached hydrogen (secondary N) is 1. The number of carbonyl (C=O) groups excluding carboxylic acids is 1. The second-order valence-electron chi connectivity index (χ2n) is 19.5. The lowest BCUT2D eigenvalue weighted by atomic mass is 9.99. The normalized spacial score (nSPS) is 20.5. The van der Waals surface area contributed by atoms with Gasteiger partial charge in [-0.2, -0.15) is 0 Å². The molecule has 396 valence electrons. The summed E-state index contributed by atoms with van der Waals surface area (Å²) in [6.45, 7) is 3.56. The molecule has 0 aromatic carbocycles. The van der Waals surface area contributed by atoms with Gasteiger partial charge in [-0.15, -0.1) is 0 Å². The van der Waals surface area contributed by atoms with E-state index in [4.69, 9.17) is 9.47 Å². The fraction of sp³-hybridized carbons (Fsp3) is 0.810. The highest BCUT2D eigenvalue weighted by Gasteiger charge is 2.44. The number of rotatable bonds is 47. The van der Waals surface area contributed by atoms with Gasteiger partial charge in [-0.3, -0.25) is 4.79 Å². The van der Waals surface area contributed by atoms with Crippen molar-refractivity contribution in [2.45, 2.75) is 288 Å². The van der Waals surface area contributed by atoms with Gasteiger partial charge in [0.05, 0.1) is 25.4 Å². The highest BCUT2D eigenvalue weighted by atomic mass is 16.7. The Morgan fingerprint density at radius 2 is 0.912 bits per heavy atom. The van der Waals surface area contributed by atoms with E-state index in [1.54, 1.807) is 6.08 Å². The van der Waals surface area contributed by atoms with E-state index in [0.29, 0.717) is 19.3 Å². The van der Waals surface area contributed by atoms with E-state index >= 15 is 0 Å². The molecule has 0 aromatic rings. The summed E-state index contributed by atoms with van der Waals surface area (Å²) < 4.78 is 11.1. The number of ether oxygens (including phenoxy) is 2. The molecule has 0 radical (unpaired) electrons. The molecule has 1 fully saturated rings. The minimum atomic E-state index is -1.62. The van der Waals surface area contributed by atoms with Crippen molar-refractivity contribution in [3.05, 3.63) is 60.8 Å². The quantitative estimate of drug-likeness (QED) is 0.0232. The van der Waals surface area contributed by atoms with Crippen molar-refractivity contribution in [1.29, 1.82) is 0 Å². The van der Waals surface area contributed by atoms with Crippen LogP contribution in [-0.2, 0) is 14.3 Å². The molecule has 0 saturated carbocycles. The van der Waals surface area contributed by atoms with Crippen LogP contribution in [-0.4, -0.2) is 98.7 Å². The van der Waals surface area contributed by atoms with Gasteiger partial charge in [0.25, 0.3) is 0 Å². The SMILES string of the molecule is CCCCC/C=C/CC/C=C/CC/C=C/C(O)C(COC1OC(CO)C(O)C(O)C1O)NC(=O)C(O)CCCCCCCCCCCCCCCC/C=C\C/C=C\CCCCCCCCCCC. The number of unbranched alkanes of at least 4 members (excludes halogenated alkanes) is 28. The van der Waals surface area contributed by atoms with Crippen molar-refractivity contribution in [1.82, 2.24) is 5.32 Å². The van der Waals surface area contributed by atoms with Gasteiger partial charge in [0.15, 0.2) is 6.29 Å². The van der Waals surface area contributed by atoms with Crippen LogP contribution in [0, 0.1) is 0 Å². The molecule has 68 heavy (non-hydrogen) atoms. The second-order valence-corrected chi connectivity index (χ2v) is 19.5. The van der Waals surface area contributed by atoms with Crippen LogP contribution in [0.4, 0.5) is 0 Å². The molecule has 10 heteroatoms. The van der Waals surface area contributed by atoms with Crippen molar-refractivity contribution in [3.63, 3.8) is 0 Å². The molecule has 0 spiro atoms. The van der Waals surface area contributed by atoms with Gasteiger partial charge in [-0.05, 0) is 77.0 Å². The molecule has 1 heterocycles. The molecule has 10 nitrogen and oxygen atoms in total. The van der Waals surface area contributed by atoms with Crippen LogP contribution in [0.15, 0.2) is 60.8 Å². The van der Waals surface area contributed by atoms with Gasteiger partial charge in [-0.25, -0.2) is 0 Å².